The first kappa shape index (κ1) is 17.8. The molecule has 0 aromatic rings. The molecule has 0 aliphatic heterocycles. The zero-order valence-electron chi connectivity index (χ0n) is 12.5. The summed E-state index contributed by atoms with van der Waals surface area (Å²) in [6, 6.07) is 0. The van der Waals surface area contributed by atoms with Crippen molar-refractivity contribution in [3.8, 4) is 0 Å². The molecule has 0 fully saturated rings. The van der Waals surface area contributed by atoms with Gasteiger partial charge in [0.05, 0.1) is 6.61 Å². The molecule has 0 heterocycles. The van der Waals surface area contributed by atoms with E-state index in [1.807, 2.05) is 13.8 Å². The standard InChI is InChI=1S/C15H30O2S/c1-13(2)9-7-5-6-8-10-14(16)17-12-11-15(3,4)18/h13,18H,5-12H2,1-4H3. The molecule has 0 atom stereocenters. The topological polar surface area (TPSA) is 26.3 Å². The number of carbonyl (C=O) groups is 1. The molecule has 0 aliphatic rings. The fraction of sp³-hybridized carbons (Fsp3) is 0.933. The van der Waals surface area contributed by atoms with E-state index in [1.54, 1.807) is 0 Å². The van der Waals surface area contributed by atoms with Gasteiger partial charge < -0.3 is 4.74 Å². The quantitative estimate of drug-likeness (QED) is 0.357. The summed E-state index contributed by atoms with van der Waals surface area (Å²) in [5.41, 5.74) is 0. The lowest BCUT2D eigenvalue weighted by Crippen LogP contribution is -2.16. The number of carbonyl (C=O) groups excluding carboxylic acids is 1. The van der Waals surface area contributed by atoms with Crippen LogP contribution >= 0.6 is 12.6 Å². The van der Waals surface area contributed by atoms with Crippen molar-refractivity contribution in [2.75, 3.05) is 6.61 Å². The first-order valence-electron chi connectivity index (χ1n) is 7.19. The molecule has 18 heavy (non-hydrogen) atoms. The van der Waals surface area contributed by atoms with E-state index in [0.29, 0.717) is 13.0 Å². The summed E-state index contributed by atoms with van der Waals surface area (Å²) in [5, 5.41) is 0. The van der Waals surface area contributed by atoms with Crippen molar-refractivity contribution in [2.24, 2.45) is 5.92 Å². The van der Waals surface area contributed by atoms with Gasteiger partial charge in [-0.15, -0.1) is 0 Å². The number of thiol groups is 1. The summed E-state index contributed by atoms with van der Waals surface area (Å²) < 4.78 is 5.12. The Labute approximate surface area is 118 Å². The van der Waals surface area contributed by atoms with Crippen LogP contribution in [0.15, 0.2) is 0 Å². The second kappa shape index (κ2) is 9.71. The smallest absolute Gasteiger partial charge is 0.305 e. The summed E-state index contributed by atoms with van der Waals surface area (Å²) in [7, 11) is 0. The summed E-state index contributed by atoms with van der Waals surface area (Å²) in [6.45, 7) is 9.04. The third kappa shape index (κ3) is 13.9. The Kier molecular flexibility index (Phi) is 9.61. The number of hydrogen-bond donors (Lipinski definition) is 1. The lowest BCUT2D eigenvalue weighted by molar-refractivity contribution is -0.144. The van der Waals surface area contributed by atoms with Crippen molar-refractivity contribution < 1.29 is 9.53 Å². The molecule has 0 saturated heterocycles. The van der Waals surface area contributed by atoms with Crippen LogP contribution in [0.25, 0.3) is 0 Å². The van der Waals surface area contributed by atoms with Crippen molar-refractivity contribution in [3.63, 3.8) is 0 Å². The van der Waals surface area contributed by atoms with E-state index in [1.165, 1.54) is 19.3 Å². The zero-order chi connectivity index (χ0) is 14.0. The van der Waals surface area contributed by atoms with Gasteiger partial charge in [0.1, 0.15) is 0 Å². The van der Waals surface area contributed by atoms with Gasteiger partial charge in [-0.2, -0.15) is 12.6 Å². The molecule has 0 aliphatic carbocycles. The average Bonchev–Trinajstić information content (AvgIpc) is 2.20. The second-order valence-electron chi connectivity index (χ2n) is 6.13. The van der Waals surface area contributed by atoms with Gasteiger partial charge >= 0.3 is 5.97 Å². The molecule has 2 nitrogen and oxygen atoms in total. The first-order chi connectivity index (χ1) is 8.31. The average molecular weight is 274 g/mol. The number of hydrogen-bond acceptors (Lipinski definition) is 3. The van der Waals surface area contributed by atoms with E-state index in [9.17, 15) is 4.79 Å². The molecule has 0 spiro atoms. The Balaban J connectivity index is 3.32. The lowest BCUT2D eigenvalue weighted by Gasteiger charge is -2.16. The van der Waals surface area contributed by atoms with Crippen LogP contribution in [-0.4, -0.2) is 17.3 Å². The van der Waals surface area contributed by atoms with Crippen LogP contribution < -0.4 is 0 Å². The minimum absolute atomic E-state index is 0.0584. The van der Waals surface area contributed by atoms with E-state index < -0.39 is 0 Å². The molecule has 3 heteroatoms. The van der Waals surface area contributed by atoms with Gasteiger partial charge in [-0.3, -0.25) is 4.79 Å². The minimum Gasteiger partial charge on any atom is -0.466 e. The highest BCUT2D eigenvalue weighted by Crippen LogP contribution is 2.16. The number of unbranched alkanes of at least 4 members (excludes halogenated alkanes) is 3. The van der Waals surface area contributed by atoms with Gasteiger partial charge in [0.15, 0.2) is 0 Å². The van der Waals surface area contributed by atoms with Gasteiger partial charge in [-0.05, 0) is 18.8 Å². The minimum atomic E-state index is -0.0588. The van der Waals surface area contributed by atoms with Gasteiger partial charge in [-0.25, -0.2) is 0 Å². The molecular formula is C15H30O2S. The van der Waals surface area contributed by atoms with E-state index in [0.717, 1.165) is 25.2 Å². The molecular weight excluding hydrogens is 244 g/mol. The molecule has 0 aromatic carbocycles. The van der Waals surface area contributed by atoms with Crippen LogP contribution in [-0.2, 0) is 9.53 Å². The summed E-state index contributed by atoms with van der Waals surface area (Å²) >= 11 is 4.39. The number of ether oxygens (including phenoxy) is 1. The van der Waals surface area contributed by atoms with Crippen molar-refractivity contribution in [1.82, 2.24) is 0 Å². The third-order valence-electron chi connectivity index (χ3n) is 2.89. The van der Waals surface area contributed by atoms with Gasteiger partial charge in [0, 0.05) is 11.2 Å². The Morgan fingerprint density at radius 2 is 1.78 bits per heavy atom. The van der Waals surface area contributed by atoms with Gasteiger partial charge in [-0.1, -0.05) is 53.4 Å². The summed E-state index contributed by atoms with van der Waals surface area (Å²) in [5.74, 6) is 0.732. The predicted molar refractivity (Wildman–Crippen MR) is 81.2 cm³/mol. The molecule has 0 bridgehead atoms. The monoisotopic (exact) mass is 274 g/mol. The van der Waals surface area contributed by atoms with Crippen molar-refractivity contribution in [1.29, 1.82) is 0 Å². The van der Waals surface area contributed by atoms with Crippen molar-refractivity contribution in [3.05, 3.63) is 0 Å². The second-order valence-corrected chi connectivity index (χ2v) is 7.34. The Hall–Kier alpha value is -0.180. The predicted octanol–water partition coefficient (Wildman–Crippen LogP) is 4.62. The van der Waals surface area contributed by atoms with Crippen LogP contribution in [0.4, 0.5) is 0 Å². The van der Waals surface area contributed by atoms with Crippen LogP contribution in [0.3, 0.4) is 0 Å². The molecule has 0 rings (SSSR count). The zero-order valence-corrected chi connectivity index (χ0v) is 13.4. The van der Waals surface area contributed by atoms with E-state index in [2.05, 4.69) is 26.5 Å². The normalized spacial score (nSPS) is 11.9. The van der Waals surface area contributed by atoms with Crippen molar-refractivity contribution >= 4 is 18.6 Å². The molecule has 0 radical (unpaired) electrons. The third-order valence-corrected chi connectivity index (χ3v) is 3.11. The largest absolute Gasteiger partial charge is 0.466 e. The Morgan fingerprint density at radius 1 is 1.17 bits per heavy atom. The fourth-order valence-corrected chi connectivity index (χ4v) is 1.75. The van der Waals surface area contributed by atoms with E-state index in [-0.39, 0.29) is 10.7 Å². The number of rotatable bonds is 10. The lowest BCUT2D eigenvalue weighted by atomic mass is 10.0. The molecule has 0 saturated carbocycles. The van der Waals surface area contributed by atoms with E-state index in [4.69, 9.17) is 4.74 Å². The van der Waals surface area contributed by atoms with Crippen LogP contribution in [0.2, 0.25) is 0 Å². The maximum Gasteiger partial charge on any atom is 0.305 e. The van der Waals surface area contributed by atoms with Crippen molar-refractivity contribution in [2.45, 2.75) is 77.4 Å². The van der Waals surface area contributed by atoms with Crippen LogP contribution in [0.1, 0.15) is 72.6 Å². The highest BCUT2D eigenvalue weighted by atomic mass is 32.1. The highest BCUT2D eigenvalue weighted by molar-refractivity contribution is 7.81. The Bertz CT molecular complexity index is 219. The Morgan fingerprint density at radius 3 is 2.33 bits per heavy atom. The molecule has 0 aromatic heterocycles. The van der Waals surface area contributed by atoms with Crippen LogP contribution in [0, 0.1) is 5.92 Å². The first-order valence-corrected chi connectivity index (χ1v) is 7.64. The maximum absolute atomic E-state index is 11.4. The number of esters is 1. The van der Waals surface area contributed by atoms with Crippen LogP contribution in [0.5, 0.6) is 0 Å². The molecule has 0 unspecified atom stereocenters. The highest BCUT2D eigenvalue weighted by Gasteiger charge is 2.12. The SMILES string of the molecule is CC(C)CCCCCCC(=O)OCCC(C)(C)S. The summed E-state index contributed by atoms with van der Waals surface area (Å²) in [6.07, 6.45) is 7.27. The molecule has 0 N–H and O–H groups in total. The van der Waals surface area contributed by atoms with E-state index >= 15 is 0 Å². The molecule has 0 amide bonds. The van der Waals surface area contributed by atoms with Gasteiger partial charge in [0.25, 0.3) is 0 Å². The molecule has 108 valence electrons. The fourth-order valence-electron chi connectivity index (χ4n) is 1.66. The van der Waals surface area contributed by atoms with Gasteiger partial charge in [0.2, 0.25) is 0 Å². The summed E-state index contributed by atoms with van der Waals surface area (Å²) in [4.78, 5) is 11.4. The maximum atomic E-state index is 11.4.